The molecule has 4 aromatic carbocycles. The lowest BCUT2D eigenvalue weighted by Crippen LogP contribution is -2.41. The zero-order valence-electron chi connectivity index (χ0n) is 25.8. The number of hydrogen-bond donors (Lipinski definition) is 3. The van der Waals surface area contributed by atoms with Gasteiger partial charge in [-0.3, -0.25) is 9.78 Å². The molecule has 0 unspecified atom stereocenters. The van der Waals surface area contributed by atoms with E-state index in [1.807, 2.05) is 128 Å². The van der Waals surface area contributed by atoms with E-state index in [9.17, 15) is 19.8 Å². The van der Waals surface area contributed by atoms with Crippen molar-refractivity contribution < 1.29 is 19.8 Å². The summed E-state index contributed by atoms with van der Waals surface area (Å²) in [5.74, 6) is -0.878. The first-order valence-corrected chi connectivity index (χ1v) is 16.4. The Morgan fingerprint density at radius 2 is 1.52 bits per heavy atom. The summed E-state index contributed by atoms with van der Waals surface area (Å²) in [6.45, 7) is 1.98. The van der Waals surface area contributed by atoms with Crippen molar-refractivity contribution in [1.29, 1.82) is 0 Å². The number of carbonyl (C=O) groups is 2. The molecule has 1 atom stereocenters. The number of aliphatic carboxylic acids is 1. The SMILES string of the molecule is CSCC[C@H](NC(=O)c1ccc(/C=C/c2cnccc2C(O)(c2ccccc2)c2ccccc2)cc1-c1ccccc1C)C(=O)O. The van der Waals surface area contributed by atoms with Crippen LogP contribution in [0.4, 0.5) is 0 Å². The second kappa shape index (κ2) is 14.9. The first kappa shape index (κ1) is 32.4. The Bertz CT molecular complexity index is 1800. The predicted molar refractivity (Wildman–Crippen MR) is 187 cm³/mol. The Labute approximate surface area is 273 Å². The molecule has 7 heteroatoms. The molecule has 0 aliphatic heterocycles. The lowest BCUT2D eigenvalue weighted by Gasteiger charge is -2.31. The van der Waals surface area contributed by atoms with Gasteiger partial charge in [0, 0.05) is 23.5 Å². The lowest BCUT2D eigenvalue weighted by molar-refractivity contribution is -0.139. The number of carbonyl (C=O) groups excluding carboxylic acids is 1. The van der Waals surface area contributed by atoms with E-state index in [-0.39, 0.29) is 0 Å². The van der Waals surface area contributed by atoms with Crippen LogP contribution in [0, 0.1) is 6.92 Å². The number of aryl methyl sites for hydroxylation is 1. The summed E-state index contributed by atoms with van der Waals surface area (Å²) in [6, 6.07) is 33.3. The maximum Gasteiger partial charge on any atom is 0.326 e. The van der Waals surface area contributed by atoms with Gasteiger partial charge in [-0.1, -0.05) is 103 Å². The van der Waals surface area contributed by atoms with Crippen molar-refractivity contribution in [2.24, 2.45) is 0 Å². The van der Waals surface area contributed by atoms with E-state index >= 15 is 0 Å². The first-order chi connectivity index (χ1) is 22.3. The Hall–Kier alpha value is -4.98. The maximum atomic E-state index is 13.5. The summed E-state index contributed by atoms with van der Waals surface area (Å²) in [5, 5.41) is 24.9. The molecule has 1 aromatic heterocycles. The number of thioether (sulfide) groups is 1. The van der Waals surface area contributed by atoms with Crippen molar-refractivity contribution in [2.45, 2.75) is 25.0 Å². The number of carboxylic acids is 1. The van der Waals surface area contributed by atoms with Crippen molar-refractivity contribution in [2.75, 3.05) is 12.0 Å². The van der Waals surface area contributed by atoms with Gasteiger partial charge in [-0.25, -0.2) is 4.79 Å². The molecule has 0 spiro atoms. The normalized spacial score (nSPS) is 12.2. The van der Waals surface area contributed by atoms with Gasteiger partial charge in [0.25, 0.3) is 5.91 Å². The summed E-state index contributed by atoms with van der Waals surface area (Å²) in [5.41, 5.74) is 5.22. The van der Waals surface area contributed by atoms with Crippen LogP contribution in [0.15, 0.2) is 122 Å². The van der Waals surface area contributed by atoms with Crippen LogP contribution in [0.3, 0.4) is 0 Å². The average molecular weight is 629 g/mol. The molecule has 5 aromatic rings. The maximum absolute atomic E-state index is 13.5. The molecule has 232 valence electrons. The number of benzene rings is 4. The van der Waals surface area contributed by atoms with Crippen LogP contribution in [0.5, 0.6) is 0 Å². The minimum Gasteiger partial charge on any atom is -0.480 e. The van der Waals surface area contributed by atoms with E-state index in [1.165, 1.54) is 11.8 Å². The molecular formula is C39H36N2O4S. The van der Waals surface area contributed by atoms with Crippen LogP contribution >= 0.6 is 11.8 Å². The molecule has 6 nitrogen and oxygen atoms in total. The van der Waals surface area contributed by atoms with Crippen molar-refractivity contribution >= 4 is 35.8 Å². The highest BCUT2D eigenvalue weighted by Gasteiger charge is 2.35. The zero-order valence-corrected chi connectivity index (χ0v) is 26.6. The lowest BCUT2D eigenvalue weighted by atomic mass is 9.79. The Morgan fingerprint density at radius 3 is 2.15 bits per heavy atom. The highest BCUT2D eigenvalue weighted by molar-refractivity contribution is 7.98. The summed E-state index contributed by atoms with van der Waals surface area (Å²) >= 11 is 1.54. The molecule has 0 fully saturated rings. The predicted octanol–water partition coefficient (Wildman–Crippen LogP) is 7.45. The van der Waals surface area contributed by atoms with Gasteiger partial charge in [-0.15, -0.1) is 0 Å². The second-order valence-electron chi connectivity index (χ2n) is 11.0. The summed E-state index contributed by atoms with van der Waals surface area (Å²) in [7, 11) is 0. The number of pyridine rings is 1. The summed E-state index contributed by atoms with van der Waals surface area (Å²) < 4.78 is 0. The van der Waals surface area contributed by atoms with Gasteiger partial charge < -0.3 is 15.5 Å². The topological polar surface area (TPSA) is 99.5 Å². The fourth-order valence-electron chi connectivity index (χ4n) is 5.58. The van der Waals surface area contributed by atoms with E-state index in [0.717, 1.165) is 33.4 Å². The monoisotopic (exact) mass is 628 g/mol. The number of aromatic nitrogens is 1. The Kier molecular flexibility index (Phi) is 10.5. The first-order valence-electron chi connectivity index (χ1n) is 15.0. The zero-order chi connectivity index (χ0) is 32.5. The number of nitrogens with one attached hydrogen (secondary N) is 1. The van der Waals surface area contributed by atoms with Crippen molar-refractivity contribution in [3.63, 3.8) is 0 Å². The highest BCUT2D eigenvalue weighted by Crippen LogP contribution is 2.38. The standard InChI is InChI=1S/C39H36N2O4S/c1-27-11-9-10-16-32(27)34-25-28(18-20-33(34)37(42)41-36(38(43)44)22-24-46-2)17-19-29-26-40-23-21-35(29)39(45,30-12-5-3-6-13-30)31-14-7-4-8-15-31/h3-21,23,25-26,36,45H,22,24H2,1-2H3,(H,41,42)(H,43,44)/b19-17+/t36-/m0/s1. The number of hydrogen-bond acceptors (Lipinski definition) is 5. The Balaban J connectivity index is 1.56. The minimum absolute atomic E-state index is 0.328. The van der Waals surface area contributed by atoms with Crippen LogP contribution in [-0.4, -0.2) is 45.1 Å². The molecule has 0 bridgehead atoms. The number of aliphatic hydroxyl groups is 1. The molecule has 1 heterocycles. The van der Waals surface area contributed by atoms with Gasteiger partial charge in [0.2, 0.25) is 0 Å². The molecule has 1 amide bonds. The van der Waals surface area contributed by atoms with E-state index in [1.54, 1.807) is 18.5 Å². The quantitative estimate of drug-likeness (QED) is 0.133. The molecule has 0 saturated carbocycles. The summed E-state index contributed by atoms with van der Waals surface area (Å²) in [4.78, 5) is 29.8. The van der Waals surface area contributed by atoms with Gasteiger partial charge >= 0.3 is 5.97 Å². The van der Waals surface area contributed by atoms with Gasteiger partial charge in [-0.05, 0) is 82.5 Å². The third kappa shape index (κ3) is 7.12. The highest BCUT2D eigenvalue weighted by atomic mass is 32.2. The second-order valence-corrected chi connectivity index (χ2v) is 12.0. The summed E-state index contributed by atoms with van der Waals surface area (Å²) in [6.07, 6.45) is 9.48. The van der Waals surface area contributed by atoms with Gasteiger partial charge in [0.15, 0.2) is 0 Å². The fourth-order valence-corrected chi connectivity index (χ4v) is 6.05. The smallest absolute Gasteiger partial charge is 0.326 e. The molecule has 0 aliphatic rings. The van der Waals surface area contributed by atoms with Crippen LogP contribution in [0.1, 0.15) is 50.2 Å². The van der Waals surface area contributed by atoms with Crippen LogP contribution < -0.4 is 5.32 Å². The van der Waals surface area contributed by atoms with E-state index in [2.05, 4.69) is 10.3 Å². The Morgan fingerprint density at radius 1 is 0.870 bits per heavy atom. The van der Waals surface area contributed by atoms with Crippen molar-refractivity contribution in [1.82, 2.24) is 10.3 Å². The largest absolute Gasteiger partial charge is 0.480 e. The number of carboxylic acid groups (broad SMARTS) is 1. The van der Waals surface area contributed by atoms with Gasteiger partial charge in [0.1, 0.15) is 11.6 Å². The van der Waals surface area contributed by atoms with Gasteiger partial charge in [0.05, 0.1) is 0 Å². The van der Waals surface area contributed by atoms with E-state index in [4.69, 9.17) is 0 Å². The van der Waals surface area contributed by atoms with Crippen molar-refractivity contribution in [3.8, 4) is 11.1 Å². The van der Waals surface area contributed by atoms with Crippen molar-refractivity contribution in [3.05, 3.63) is 161 Å². The number of nitrogens with zero attached hydrogens (tertiary/aromatic N) is 1. The van der Waals surface area contributed by atoms with Crippen LogP contribution in [0.25, 0.3) is 23.3 Å². The van der Waals surface area contributed by atoms with E-state index < -0.39 is 23.5 Å². The van der Waals surface area contributed by atoms with Gasteiger partial charge in [-0.2, -0.15) is 11.8 Å². The van der Waals surface area contributed by atoms with Crippen LogP contribution in [0.2, 0.25) is 0 Å². The van der Waals surface area contributed by atoms with E-state index in [0.29, 0.717) is 28.9 Å². The molecule has 0 aliphatic carbocycles. The molecule has 0 saturated heterocycles. The molecule has 0 radical (unpaired) electrons. The molecule has 46 heavy (non-hydrogen) atoms. The third-order valence-electron chi connectivity index (χ3n) is 8.02. The van der Waals surface area contributed by atoms with Crippen LogP contribution in [-0.2, 0) is 10.4 Å². The fraction of sp³-hybridized carbons (Fsp3) is 0.154. The third-order valence-corrected chi connectivity index (χ3v) is 8.66. The minimum atomic E-state index is -1.43. The average Bonchev–Trinajstić information content (AvgIpc) is 3.09. The molecule has 3 N–H and O–H groups in total. The molecular weight excluding hydrogens is 593 g/mol. The molecule has 5 rings (SSSR count). The number of rotatable bonds is 12. The number of amides is 1.